The number of halogens is 3. The van der Waals surface area contributed by atoms with Crippen molar-refractivity contribution in [1.82, 2.24) is 9.71 Å². The molecule has 0 saturated heterocycles. The van der Waals surface area contributed by atoms with E-state index in [-0.39, 0.29) is 28.4 Å². The molecule has 28 heavy (non-hydrogen) atoms. The fourth-order valence-corrected chi connectivity index (χ4v) is 3.92. The van der Waals surface area contributed by atoms with E-state index in [1.165, 1.54) is 12.1 Å². The summed E-state index contributed by atoms with van der Waals surface area (Å²) < 4.78 is 64.3. The molecule has 0 unspecified atom stereocenters. The molecule has 0 atom stereocenters. The number of alkyl halides is 3. The van der Waals surface area contributed by atoms with Crippen molar-refractivity contribution < 1.29 is 26.4 Å². The van der Waals surface area contributed by atoms with E-state index < -0.39 is 27.8 Å². The molecule has 6 nitrogen and oxygen atoms in total. The van der Waals surface area contributed by atoms with Gasteiger partial charge in [-0.15, -0.1) is 11.3 Å². The number of nitrogens with one attached hydrogen (secondary N) is 2. The summed E-state index contributed by atoms with van der Waals surface area (Å²) in [6.07, 6.45) is -4.84. The largest absolute Gasteiger partial charge is 0.434 e. The lowest BCUT2D eigenvalue weighted by Gasteiger charge is -2.19. The fourth-order valence-electron chi connectivity index (χ4n) is 2.16. The van der Waals surface area contributed by atoms with Crippen molar-refractivity contribution in [2.24, 2.45) is 0 Å². The summed E-state index contributed by atoms with van der Waals surface area (Å²) in [6.45, 7) is 5.82. The number of hydrogen-bond acceptors (Lipinski definition) is 5. The molecule has 2 rings (SSSR count). The number of rotatable bonds is 6. The van der Waals surface area contributed by atoms with Gasteiger partial charge in [-0.25, -0.2) is 18.1 Å². The minimum atomic E-state index is -4.59. The summed E-state index contributed by atoms with van der Waals surface area (Å²) in [4.78, 5) is 15.1. The molecule has 1 amide bonds. The maximum atomic E-state index is 12.5. The molecule has 0 radical (unpaired) electrons. The summed E-state index contributed by atoms with van der Waals surface area (Å²) in [5.41, 5.74) is -0.227. The molecule has 11 heteroatoms. The molecule has 154 valence electrons. The number of benzene rings is 1. The fraction of sp³-hybridized carbons (Fsp3) is 0.412. The quantitative estimate of drug-likeness (QED) is 0.723. The second kappa shape index (κ2) is 8.18. The van der Waals surface area contributed by atoms with E-state index in [4.69, 9.17) is 0 Å². The van der Waals surface area contributed by atoms with Crippen molar-refractivity contribution in [2.45, 2.75) is 43.7 Å². The smallest absolute Gasteiger partial charge is 0.302 e. The second-order valence-corrected chi connectivity index (χ2v) is 9.63. The van der Waals surface area contributed by atoms with Gasteiger partial charge in [-0.1, -0.05) is 32.9 Å². The average molecular weight is 435 g/mol. The summed E-state index contributed by atoms with van der Waals surface area (Å²) in [5.74, 6) is -0.645. The summed E-state index contributed by atoms with van der Waals surface area (Å²) >= 11 is 0.642. The van der Waals surface area contributed by atoms with Crippen LogP contribution in [0.2, 0.25) is 0 Å². The van der Waals surface area contributed by atoms with Gasteiger partial charge < -0.3 is 5.32 Å². The number of thiazole rings is 1. The van der Waals surface area contributed by atoms with Gasteiger partial charge >= 0.3 is 6.18 Å². The minimum absolute atomic E-state index is 0.0654. The van der Waals surface area contributed by atoms with E-state index in [0.29, 0.717) is 11.3 Å². The lowest BCUT2D eigenvalue weighted by Crippen LogP contribution is -2.28. The van der Waals surface area contributed by atoms with Gasteiger partial charge in [0.1, 0.15) is 0 Å². The first kappa shape index (κ1) is 22.3. The van der Waals surface area contributed by atoms with Crippen LogP contribution >= 0.6 is 11.3 Å². The first-order valence-electron chi connectivity index (χ1n) is 8.22. The number of carbonyl (C=O) groups is 1. The summed E-state index contributed by atoms with van der Waals surface area (Å²) in [5, 5.41) is 2.81. The Morgan fingerprint density at radius 3 is 2.25 bits per heavy atom. The third kappa shape index (κ3) is 6.01. The van der Waals surface area contributed by atoms with Crippen LogP contribution in [0.25, 0.3) is 0 Å². The molecule has 0 aliphatic heterocycles. The van der Waals surface area contributed by atoms with Crippen molar-refractivity contribution in [1.29, 1.82) is 0 Å². The standard InChI is InChI=1S/C17H20F3N3O3S2/c1-16(2,3)11-4-6-12(7-5-11)28(25,26)21-9-8-14(24)23-15-22-13(10-27-15)17(18,19)20/h4-7,10,21H,8-9H2,1-3H3,(H,22,23,24). The van der Waals surface area contributed by atoms with Crippen LogP contribution in [-0.4, -0.2) is 25.9 Å². The normalized spacial score (nSPS) is 12.8. The first-order valence-corrected chi connectivity index (χ1v) is 10.6. The maximum Gasteiger partial charge on any atom is 0.434 e. The van der Waals surface area contributed by atoms with E-state index in [1.807, 2.05) is 20.8 Å². The molecule has 2 aromatic rings. The average Bonchev–Trinajstić information content (AvgIpc) is 3.02. The molecule has 1 aromatic heterocycles. The van der Waals surface area contributed by atoms with Gasteiger partial charge in [0, 0.05) is 18.3 Å². The van der Waals surface area contributed by atoms with Gasteiger partial charge in [-0.2, -0.15) is 13.2 Å². The zero-order valence-electron chi connectivity index (χ0n) is 15.4. The first-order chi connectivity index (χ1) is 12.8. The van der Waals surface area contributed by atoms with Crippen LogP contribution in [0.15, 0.2) is 34.5 Å². The Bertz CT molecular complexity index is 931. The van der Waals surface area contributed by atoms with Crippen molar-refractivity contribution in [3.05, 3.63) is 40.9 Å². The molecule has 1 aromatic carbocycles. The van der Waals surface area contributed by atoms with Gasteiger partial charge in [-0.3, -0.25) is 4.79 Å². The Balaban J connectivity index is 1.89. The Hall–Kier alpha value is -1.98. The van der Waals surface area contributed by atoms with Crippen molar-refractivity contribution in [3.63, 3.8) is 0 Å². The molecule has 0 spiro atoms. The molecular weight excluding hydrogens is 415 g/mol. The molecule has 0 aliphatic rings. The Kier molecular flexibility index (Phi) is 6.51. The second-order valence-electron chi connectivity index (χ2n) is 7.01. The van der Waals surface area contributed by atoms with Crippen molar-refractivity contribution in [2.75, 3.05) is 11.9 Å². The van der Waals surface area contributed by atoms with Gasteiger partial charge in [0.2, 0.25) is 15.9 Å². The third-order valence-electron chi connectivity index (χ3n) is 3.72. The minimum Gasteiger partial charge on any atom is -0.302 e. The highest BCUT2D eigenvalue weighted by Crippen LogP contribution is 2.31. The predicted octanol–water partition coefficient (Wildman–Crippen LogP) is 3.77. The topological polar surface area (TPSA) is 88.2 Å². The van der Waals surface area contributed by atoms with E-state index in [2.05, 4.69) is 15.0 Å². The van der Waals surface area contributed by atoms with E-state index in [9.17, 15) is 26.4 Å². The van der Waals surface area contributed by atoms with Gasteiger partial charge in [0.15, 0.2) is 10.8 Å². The highest BCUT2D eigenvalue weighted by atomic mass is 32.2. The number of hydrogen-bond donors (Lipinski definition) is 2. The molecule has 2 N–H and O–H groups in total. The Morgan fingerprint density at radius 1 is 1.14 bits per heavy atom. The highest BCUT2D eigenvalue weighted by Gasteiger charge is 2.33. The third-order valence-corrected chi connectivity index (χ3v) is 5.95. The molecule has 0 bridgehead atoms. The molecule has 0 fully saturated rings. The van der Waals surface area contributed by atoms with Gasteiger partial charge in [0.05, 0.1) is 4.90 Å². The Morgan fingerprint density at radius 2 is 1.75 bits per heavy atom. The molecule has 0 saturated carbocycles. The highest BCUT2D eigenvalue weighted by molar-refractivity contribution is 7.89. The van der Waals surface area contributed by atoms with Crippen LogP contribution < -0.4 is 10.0 Å². The summed E-state index contributed by atoms with van der Waals surface area (Å²) in [6, 6.07) is 6.42. The number of carbonyl (C=O) groups excluding carboxylic acids is 1. The van der Waals surface area contributed by atoms with E-state index in [1.54, 1.807) is 12.1 Å². The Labute approximate surface area is 165 Å². The number of amides is 1. The van der Waals surface area contributed by atoms with E-state index in [0.717, 1.165) is 10.9 Å². The monoisotopic (exact) mass is 435 g/mol. The number of sulfonamides is 1. The molecule has 0 aliphatic carbocycles. The zero-order valence-corrected chi connectivity index (χ0v) is 17.1. The molecule has 1 heterocycles. The number of anilines is 1. The number of nitrogens with zero attached hydrogens (tertiary/aromatic N) is 1. The lowest BCUT2D eigenvalue weighted by molar-refractivity contribution is -0.140. The van der Waals surface area contributed by atoms with Crippen molar-refractivity contribution >= 4 is 32.4 Å². The van der Waals surface area contributed by atoms with Gasteiger partial charge in [0.25, 0.3) is 0 Å². The molecular formula is C17H20F3N3O3S2. The van der Waals surface area contributed by atoms with E-state index >= 15 is 0 Å². The number of aromatic nitrogens is 1. The maximum absolute atomic E-state index is 12.5. The SMILES string of the molecule is CC(C)(C)c1ccc(S(=O)(=O)NCCC(=O)Nc2nc(C(F)(F)F)cs2)cc1. The van der Waals surface area contributed by atoms with Crippen LogP contribution in [0, 0.1) is 0 Å². The van der Waals surface area contributed by atoms with Crippen LogP contribution in [0.4, 0.5) is 18.3 Å². The lowest BCUT2D eigenvalue weighted by atomic mass is 9.87. The summed E-state index contributed by atoms with van der Waals surface area (Å²) in [7, 11) is -3.80. The van der Waals surface area contributed by atoms with Crippen LogP contribution in [-0.2, 0) is 26.4 Å². The van der Waals surface area contributed by atoms with Crippen LogP contribution in [0.1, 0.15) is 38.4 Å². The predicted molar refractivity (Wildman–Crippen MR) is 101 cm³/mol. The van der Waals surface area contributed by atoms with Crippen molar-refractivity contribution in [3.8, 4) is 0 Å². The zero-order chi connectivity index (χ0) is 21.2. The van der Waals surface area contributed by atoms with Crippen LogP contribution in [0.5, 0.6) is 0 Å². The van der Waals surface area contributed by atoms with Crippen LogP contribution in [0.3, 0.4) is 0 Å². The van der Waals surface area contributed by atoms with Gasteiger partial charge in [-0.05, 0) is 23.1 Å².